The predicted molar refractivity (Wildman–Crippen MR) is 83.0 cm³/mol. The molecule has 0 bridgehead atoms. The average Bonchev–Trinajstić information content (AvgIpc) is 2.52. The van der Waals surface area contributed by atoms with E-state index in [2.05, 4.69) is 4.98 Å². The molecule has 0 saturated carbocycles. The van der Waals surface area contributed by atoms with E-state index < -0.39 is 9.85 Å². The first-order valence-corrected chi connectivity index (χ1v) is 7.51. The topological polar surface area (TPSA) is 99.2 Å². The molecule has 0 N–H and O–H groups in total. The molecule has 1 aromatic heterocycles. The summed E-state index contributed by atoms with van der Waals surface area (Å²) in [7, 11) is 0. The number of thioether (sulfide) groups is 1. The number of nitrogens with zero attached hydrogens (tertiary/aromatic N) is 3. The summed E-state index contributed by atoms with van der Waals surface area (Å²) in [4.78, 5) is 24.9. The number of rotatable bonds is 7. The van der Waals surface area contributed by atoms with Gasteiger partial charge in [0.05, 0.1) is 20.8 Å². The lowest BCUT2D eigenvalue weighted by atomic mass is 10.2. The van der Waals surface area contributed by atoms with Gasteiger partial charge >= 0.3 is 0 Å². The van der Waals surface area contributed by atoms with Crippen LogP contribution in [0.2, 0.25) is 0 Å². The lowest BCUT2D eigenvalue weighted by Gasteiger charge is -2.03. The molecule has 0 aliphatic heterocycles. The van der Waals surface area contributed by atoms with Gasteiger partial charge in [0.1, 0.15) is 0 Å². The van der Waals surface area contributed by atoms with E-state index in [0.717, 1.165) is 24.5 Å². The third-order valence-corrected chi connectivity index (χ3v) is 4.09. The van der Waals surface area contributed by atoms with Crippen molar-refractivity contribution in [2.24, 2.45) is 0 Å². The van der Waals surface area contributed by atoms with Crippen LogP contribution >= 0.6 is 11.8 Å². The largest absolute Gasteiger partial charge is 0.289 e. The molecule has 1 aromatic carbocycles. The van der Waals surface area contributed by atoms with Crippen molar-refractivity contribution in [3.63, 3.8) is 0 Å². The Morgan fingerprint density at radius 2 is 1.95 bits per heavy atom. The van der Waals surface area contributed by atoms with Crippen LogP contribution in [-0.2, 0) is 6.42 Å². The van der Waals surface area contributed by atoms with Crippen molar-refractivity contribution in [2.45, 2.75) is 17.7 Å². The Bertz CT molecular complexity index is 679. The summed E-state index contributed by atoms with van der Waals surface area (Å²) in [6.45, 7) is 0. The lowest BCUT2D eigenvalue weighted by molar-refractivity contribution is -0.396. The fourth-order valence-electron chi connectivity index (χ4n) is 1.89. The van der Waals surface area contributed by atoms with Gasteiger partial charge in [-0.25, -0.2) is 0 Å². The van der Waals surface area contributed by atoms with Gasteiger partial charge in [0.2, 0.25) is 0 Å². The quantitative estimate of drug-likeness (QED) is 0.334. The third kappa shape index (κ3) is 4.26. The molecule has 0 unspecified atom stereocenters. The Labute approximate surface area is 130 Å². The zero-order valence-electron chi connectivity index (χ0n) is 11.5. The van der Waals surface area contributed by atoms with Gasteiger partial charge in [-0.3, -0.25) is 25.2 Å². The predicted octanol–water partition coefficient (Wildman–Crippen LogP) is 3.62. The molecule has 1 heterocycles. The van der Waals surface area contributed by atoms with Crippen molar-refractivity contribution in [1.29, 1.82) is 0 Å². The van der Waals surface area contributed by atoms with E-state index in [4.69, 9.17) is 0 Å². The van der Waals surface area contributed by atoms with Gasteiger partial charge in [-0.05, 0) is 36.3 Å². The molecule has 0 amide bonds. The van der Waals surface area contributed by atoms with E-state index in [9.17, 15) is 20.2 Å². The number of hydrogen-bond donors (Lipinski definition) is 0. The minimum Gasteiger partial charge on any atom is -0.264 e. The fraction of sp³-hybridized carbons (Fsp3) is 0.214. The van der Waals surface area contributed by atoms with Crippen LogP contribution in [0.15, 0.2) is 47.6 Å². The first kappa shape index (κ1) is 15.9. The smallest absolute Gasteiger partial charge is 0.264 e. The Balaban J connectivity index is 1.97. The molecule has 0 aliphatic rings. The van der Waals surface area contributed by atoms with Crippen LogP contribution in [0.4, 0.5) is 11.4 Å². The maximum Gasteiger partial charge on any atom is 0.289 e. The van der Waals surface area contributed by atoms with Crippen LogP contribution in [0.5, 0.6) is 0 Å². The van der Waals surface area contributed by atoms with Gasteiger partial charge in [-0.1, -0.05) is 6.07 Å². The molecule has 0 aliphatic carbocycles. The van der Waals surface area contributed by atoms with Crippen LogP contribution in [0, 0.1) is 20.2 Å². The van der Waals surface area contributed by atoms with Crippen LogP contribution < -0.4 is 0 Å². The van der Waals surface area contributed by atoms with E-state index >= 15 is 0 Å². The molecular weight excluding hydrogens is 306 g/mol. The molecule has 7 nitrogen and oxygen atoms in total. The van der Waals surface area contributed by atoms with Crippen LogP contribution in [0.1, 0.15) is 12.0 Å². The number of nitro benzene ring substituents is 2. The normalized spacial score (nSPS) is 10.4. The summed E-state index contributed by atoms with van der Waals surface area (Å²) in [5.41, 5.74) is 0.619. The zero-order chi connectivity index (χ0) is 15.9. The van der Waals surface area contributed by atoms with Crippen LogP contribution in [-0.4, -0.2) is 20.6 Å². The van der Waals surface area contributed by atoms with Crippen molar-refractivity contribution in [1.82, 2.24) is 4.98 Å². The van der Waals surface area contributed by atoms with Gasteiger partial charge in [0, 0.05) is 18.5 Å². The summed E-state index contributed by atoms with van der Waals surface area (Å²) in [6, 6.07) is 7.57. The molecule has 0 fully saturated rings. The summed E-state index contributed by atoms with van der Waals surface area (Å²) < 4.78 is 0. The molecule has 114 valence electrons. The first-order valence-electron chi connectivity index (χ1n) is 6.52. The monoisotopic (exact) mass is 319 g/mol. The van der Waals surface area contributed by atoms with E-state index in [1.165, 1.54) is 23.9 Å². The number of aromatic nitrogens is 1. The molecule has 0 spiro atoms. The van der Waals surface area contributed by atoms with Gasteiger partial charge in [0.25, 0.3) is 11.4 Å². The van der Waals surface area contributed by atoms with Gasteiger partial charge in [0.15, 0.2) is 0 Å². The number of aryl methyl sites for hydroxylation is 1. The van der Waals surface area contributed by atoms with E-state index in [1.807, 2.05) is 12.1 Å². The Morgan fingerprint density at radius 1 is 1.14 bits per heavy atom. The van der Waals surface area contributed by atoms with Crippen molar-refractivity contribution >= 4 is 23.1 Å². The Hall–Kier alpha value is -2.48. The Morgan fingerprint density at radius 3 is 2.59 bits per heavy atom. The molecule has 22 heavy (non-hydrogen) atoms. The lowest BCUT2D eigenvalue weighted by Crippen LogP contribution is -1.95. The minimum absolute atomic E-state index is 0.222. The van der Waals surface area contributed by atoms with E-state index in [0.29, 0.717) is 10.6 Å². The third-order valence-electron chi connectivity index (χ3n) is 2.94. The van der Waals surface area contributed by atoms with Crippen molar-refractivity contribution < 1.29 is 9.85 Å². The highest BCUT2D eigenvalue weighted by Gasteiger charge is 2.19. The minimum atomic E-state index is -0.635. The second-order valence-electron chi connectivity index (χ2n) is 4.48. The Kier molecular flexibility index (Phi) is 5.42. The zero-order valence-corrected chi connectivity index (χ0v) is 12.4. The van der Waals surface area contributed by atoms with Gasteiger partial charge in [-0.2, -0.15) is 0 Å². The van der Waals surface area contributed by atoms with Crippen molar-refractivity contribution in [3.8, 4) is 0 Å². The second kappa shape index (κ2) is 7.51. The summed E-state index contributed by atoms with van der Waals surface area (Å²) >= 11 is 1.33. The molecular formula is C14H13N3O4S. The second-order valence-corrected chi connectivity index (χ2v) is 5.62. The number of benzene rings is 1. The van der Waals surface area contributed by atoms with Crippen LogP contribution in [0.3, 0.4) is 0 Å². The van der Waals surface area contributed by atoms with Gasteiger partial charge in [-0.15, -0.1) is 11.8 Å². The molecule has 2 aromatic rings. The molecule has 0 radical (unpaired) electrons. The SMILES string of the molecule is O=[N+]([O-])c1ccc(SCCCc2cccnc2)c([N+](=O)[O-])c1. The molecule has 8 heteroatoms. The fourth-order valence-corrected chi connectivity index (χ4v) is 2.84. The van der Waals surface area contributed by atoms with Gasteiger partial charge < -0.3 is 0 Å². The highest BCUT2D eigenvalue weighted by molar-refractivity contribution is 7.99. The first-order chi connectivity index (χ1) is 10.6. The van der Waals surface area contributed by atoms with Crippen molar-refractivity contribution in [2.75, 3.05) is 5.75 Å². The van der Waals surface area contributed by atoms with Crippen LogP contribution in [0.25, 0.3) is 0 Å². The molecule has 2 rings (SSSR count). The van der Waals surface area contributed by atoms with E-state index in [1.54, 1.807) is 12.4 Å². The number of pyridine rings is 1. The number of hydrogen-bond acceptors (Lipinski definition) is 6. The molecule has 0 saturated heterocycles. The summed E-state index contributed by atoms with van der Waals surface area (Å²) in [5, 5.41) is 21.7. The standard InChI is InChI=1S/C14H13N3O4S/c18-16(19)12-5-6-14(13(9-12)17(20)21)22-8-2-4-11-3-1-7-15-10-11/h1,3,5-7,9-10H,2,4,8H2. The van der Waals surface area contributed by atoms with Crippen molar-refractivity contribution in [3.05, 3.63) is 68.5 Å². The van der Waals surface area contributed by atoms with E-state index in [-0.39, 0.29) is 11.4 Å². The number of nitro groups is 2. The highest BCUT2D eigenvalue weighted by atomic mass is 32.2. The summed E-state index contributed by atoms with van der Waals surface area (Å²) in [6.07, 6.45) is 5.17. The average molecular weight is 319 g/mol. The maximum absolute atomic E-state index is 11.0. The molecule has 0 atom stereocenters. The maximum atomic E-state index is 11.0. The number of non-ortho nitro benzene ring substituents is 1. The summed E-state index contributed by atoms with van der Waals surface area (Å²) in [5.74, 6) is 0.688. The highest BCUT2D eigenvalue weighted by Crippen LogP contribution is 2.32.